The molecule has 0 spiro atoms. The molecule has 3 nitrogen and oxygen atoms in total. The predicted molar refractivity (Wildman–Crippen MR) is 90.3 cm³/mol. The molecule has 2 aromatic heterocycles. The van der Waals surface area contributed by atoms with Crippen molar-refractivity contribution in [3.05, 3.63) is 44.7 Å². The third-order valence-electron chi connectivity index (χ3n) is 3.08. The second kappa shape index (κ2) is 7.20. The SMILES string of the molecule is CNCc1cc(Br)cnc1N(Cc1cccs1)C(C)C. The Hall–Kier alpha value is -0.910. The van der Waals surface area contributed by atoms with E-state index in [1.54, 1.807) is 11.3 Å². The molecule has 2 heterocycles. The van der Waals surface area contributed by atoms with E-state index in [9.17, 15) is 0 Å². The molecule has 0 bridgehead atoms. The van der Waals surface area contributed by atoms with E-state index in [1.165, 1.54) is 10.4 Å². The average Bonchev–Trinajstić information content (AvgIpc) is 2.90. The van der Waals surface area contributed by atoms with Crippen LogP contribution in [0.3, 0.4) is 0 Å². The molecule has 0 aliphatic heterocycles. The smallest absolute Gasteiger partial charge is 0.133 e. The monoisotopic (exact) mass is 353 g/mol. The Kier molecular flexibility index (Phi) is 5.57. The summed E-state index contributed by atoms with van der Waals surface area (Å²) in [5.74, 6) is 1.06. The Morgan fingerprint density at radius 1 is 1.45 bits per heavy atom. The van der Waals surface area contributed by atoms with E-state index < -0.39 is 0 Å². The van der Waals surface area contributed by atoms with Gasteiger partial charge in [-0.05, 0) is 54.3 Å². The van der Waals surface area contributed by atoms with Gasteiger partial charge in [0.15, 0.2) is 0 Å². The molecule has 0 saturated carbocycles. The summed E-state index contributed by atoms with van der Waals surface area (Å²) >= 11 is 5.30. The molecule has 2 rings (SSSR count). The van der Waals surface area contributed by atoms with Crippen LogP contribution in [0, 0.1) is 0 Å². The Bertz CT molecular complexity index is 540. The van der Waals surface area contributed by atoms with Crippen molar-refractivity contribution in [1.29, 1.82) is 0 Å². The number of hydrogen-bond acceptors (Lipinski definition) is 4. The van der Waals surface area contributed by atoms with Gasteiger partial charge in [-0.2, -0.15) is 0 Å². The summed E-state index contributed by atoms with van der Waals surface area (Å²) in [4.78, 5) is 8.35. The van der Waals surface area contributed by atoms with E-state index >= 15 is 0 Å². The lowest BCUT2D eigenvalue weighted by Crippen LogP contribution is -2.32. The van der Waals surface area contributed by atoms with Crippen molar-refractivity contribution >= 4 is 33.1 Å². The molecule has 2 aromatic rings. The van der Waals surface area contributed by atoms with E-state index in [-0.39, 0.29) is 0 Å². The summed E-state index contributed by atoms with van der Waals surface area (Å²) in [6.07, 6.45) is 1.87. The largest absolute Gasteiger partial charge is 0.349 e. The summed E-state index contributed by atoms with van der Waals surface area (Å²) in [5.41, 5.74) is 1.21. The quantitative estimate of drug-likeness (QED) is 0.849. The zero-order chi connectivity index (χ0) is 14.5. The Balaban J connectivity index is 2.33. The van der Waals surface area contributed by atoms with Crippen molar-refractivity contribution in [3.8, 4) is 0 Å². The average molecular weight is 354 g/mol. The minimum atomic E-state index is 0.404. The number of hydrogen-bond donors (Lipinski definition) is 1. The lowest BCUT2D eigenvalue weighted by molar-refractivity contribution is 0.667. The van der Waals surface area contributed by atoms with E-state index in [0.29, 0.717) is 6.04 Å². The molecular weight excluding hydrogens is 334 g/mol. The molecule has 0 amide bonds. The molecule has 5 heteroatoms. The highest BCUT2D eigenvalue weighted by Crippen LogP contribution is 2.26. The summed E-state index contributed by atoms with van der Waals surface area (Å²) in [6.45, 7) is 6.14. The maximum Gasteiger partial charge on any atom is 0.133 e. The fourth-order valence-electron chi connectivity index (χ4n) is 2.13. The van der Waals surface area contributed by atoms with Gasteiger partial charge in [-0.15, -0.1) is 11.3 Å². The minimum absolute atomic E-state index is 0.404. The van der Waals surface area contributed by atoms with Crippen LogP contribution in [-0.4, -0.2) is 18.1 Å². The first kappa shape index (κ1) is 15.5. The Labute approximate surface area is 133 Å². The number of aromatic nitrogens is 1. The van der Waals surface area contributed by atoms with Crippen LogP contribution in [0.15, 0.2) is 34.2 Å². The molecule has 0 unspecified atom stereocenters. The molecule has 0 aromatic carbocycles. The van der Waals surface area contributed by atoms with Crippen LogP contribution in [0.1, 0.15) is 24.3 Å². The summed E-state index contributed by atoms with van der Waals surface area (Å²) in [5, 5.41) is 5.34. The van der Waals surface area contributed by atoms with Crippen LogP contribution in [0.2, 0.25) is 0 Å². The fourth-order valence-corrected chi connectivity index (χ4v) is 3.21. The standard InChI is InChI=1S/C15H20BrN3S/c1-11(2)19(10-14-5-4-6-20-14)15-12(8-17-3)7-13(16)9-18-15/h4-7,9,11,17H,8,10H2,1-3H3. The van der Waals surface area contributed by atoms with Gasteiger partial charge >= 0.3 is 0 Å². The van der Waals surface area contributed by atoms with Gasteiger partial charge in [-0.3, -0.25) is 0 Å². The van der Waals surface area contributed by atoms with Gasteiger partial charge in [-0.1, -0.05) is 6.07 Å². The van der Waals surface area contributed by atoms with Crippen molar-refractivity contribution < 1.29 is 0 Å². The molecule has 0 atom stereocenters. The Morgan fingerprint density at radius 2 is 2.25 bits per heavy atom. The van der Waals surface area contributed by atoms with Gasteiger partial charge in [0.05, 0.1) is 6.54 Å². The predicted octanol–water partition coefficient (Wildman–Crippen LogP) is 4.04. The fraction of sp³-hybridized carbons (Fsp3) is 0.400. The van der Waals surface area contributed by atoms with E-state index in [1.807, 2.05) is 13.2 Å². The van der Waals surface area contributed by atoms with E-state index in [0.717, 1.165) is 23.4 Å². The van der Waals surface area contributed by atoms with Gasteiger partial charge in [0.1, 0.15) is 5.82 Å². The number of anilines is 1. The number of halogens is 1. The molecule has 0 saturated heterocycles. The maximum absolute atomic E-state index is 4.64. The van der Waals surface area contributed by atoms with Gasteiger partial charge in [-0.25, -0.2) is 4.98 Å². The minimum Gasteiger partial charge on any atom is -0.349 e. The lowest BCUT2D eigenvalue weighted by Gasteiger charge is -2.29. The van der Waals surface area contributed by atoms with Gasteiger partial charge in [0.2, 0.25) is 0 Å². The van der Waals surface area contributed by atoms with Crippen molar-refractivity contribution in [1.82, 2.24) is 10.3 Å². The summed E-state index contributed by atoms with van der Waals surface area (Å²) in [7, 11) is 1.96. The summed E-state index contributed by atoms with van der Waals surface area (Å²) in [6, 6.07) is 6.82. The second-order valence-electron chi connectivity index (χ2n) is 4.97. The van der Waals surface area contributed by atoms with Crippen LogP contribution < -0.4 is 10.2 Å². The number of nitrogens with one attached hydrogen (secondary N) is 1. The first-order chi connectivity index (χ1) is 9.61. The highest BCUT2D eigenvalue weighted by molar-refractivity contribution is 9.10. The molecule has 0 aliphatic rings. The van der Waals surface area contributed by atoms with Gasteiger partial charge in [0, 0.05) is 33.7 Å². The molecule has 0 fully saturated rings. The van der Waals surface area contributed by atoms with Crippen LogP contribution >= 0.6 is 27.3 Å². The topological polar surface area (TPSA) is 28.2 Å². The normalized spacial score (nSPS) is 11.1. The third-order valence-corrected chi connectivity index (χ3v) is 4.37. The Morgan fingerprint density at radius 3 is 2.85 bits per heavy atom. The molecule has 20 heavy (non-hydrogen) atoms. The second-order valence-corrected chi connectivity index (χ2v) is 6.92. The van der Waals surface area contributed by atoms with E-state index in [4.69, 9.17) is 0 Å². The molecular formula is C15H20BrN3S. The lowest BCUT2D eigenvalue weighted by atomic mass is 10.2. The van der Waals surface area contributed by atoms with Crippen molar-refractivity contribution in [2.45, 2.75) is 33.0 Å². The highest BCUT2D eigenvalue weighted by Gasteiger charge is 2.17. The zero-order valence-corrected chi connectivity index (χ0v) is 14.5. The number of rotatable bonds is 6. The first-order valence-electron chi connectivity index (χ1n) is 6.70. The van der Waals surface area contributed by atoms with Crippen molar-refractivity contribution in [2.24, 2.45) is 0 Å². The van der Waals surface area contributed by atoms with E-state index in [2.05, 4.69) is 68.6 Å². The van der Waals surface area contributed by atoms with Crippen LogP contribution in [0.4, 0.5) is 5.82 Å². The molecule has 108 valence electrons. The van der Waals surface area contributed by atoms with Crippen molar-refractivity contribution in [3.63, 3.8) is 0 Å². The van der Waals surface area contributed by atoms with Crippen molar-refractivity contribution in [2.75, 3.05) is 11.9 Å². The zero-order valence-electron chi connectivity index (χ0n) is 12.1. The maximum atomic E-state index is 4.64. The van der Waals surface area contributed by atoms with Crippen LogP contribution in [0.5, 0.6) is 0 Å². The molecule has 0 aliphatic carbocycles. The molecule has 0 radical (unpaired) electrons. The number of nitrogens with zero attached hydrogens (tertiary/aromatic N) is 2. The third kappa shape index (κ3) is 3.81. The van der Waals surface area contributed by atoms with Crippen LogP contribution in [0.25, 0.3) is 0 Å². The van der Waals surface area contributed by atoms with Gasteiger partial charge in [0.25, 0.3) is 0 Å². The number of thiophene rings is 1. The summed E-state index contributed by atoms with van der Waals surface area (Å²) < 4.78 is 1.02. The van der Waals surface area contributed by atoms with Crippen LogP contribution in [-0.2, 0) is 13.1 Å². The molecule has 1 N–H and O–H groups in total. The highest BCUT2D eigenvalue weighted by atomic mass is 79.9. The first-order valence-corrected chi connectivity index (χ1v) is 8.37. The van der Waals surface area contributed by atoms with Gasteiger partial charge < -0.3 is 10.2 Å². The number of pyridine rings is 1.